The third-order valence-electron chi connectivity index (χ3n) is 5.65. The molecule has 192 valence electrons. The van der Waals surface area contributed by atoms with Gasteiger partial charge in [-0.15, -0.1) is 0 Å². The first kappa shape index (κ1) is 27.8. The molecule has 3 aromatic carbocycles. The molecular formula is C28H32Cl2N2O4. The van der Waals surface area contributed by atoms with Gasteiger partial charge in [0.1, 0.15) is 5.75 Å². The molecule has 0 saturated heterocycles. The van der Waals surface area contributed by atoms with E-state index < -0.39 is 6.10 Å². The number of aliphatic hydroxyl groups is 1. The predicted octanol–water partition coefficient (Wildman–Crippen LogP) is 6.05. The maximum Gasteiger partial charge on any atom is 0.344 e. The molecule has 6 nitrogen and oxygen atoms in total. The van der Waals surface area contributed by atoms with E-state index in [4.69, 9.17) is 38.4 Å². The summed E-state index contributed by atoms with van der Waals surface area (Å²) in [6.07, 6.45) is 2.96. The third-order valence-corrected chi connectivity index (χ3v) is 6.28. The van der Waals surface area contributed by atoms with E-state index in [1.54, 1.807) is 12.1 Å². The number of nitrogens with one attached hydrogen (secondary N) is 1. The zero-order chi connectivity index (χ0) is 25.8. The SMILES string of the molecule is Nc1c(Cl)cc(C(O)CNCCCCCCOC(=O)COc2ccc(-c3ccccc3)cc2)cc1Cl. The molecular weight excluding hydrogens is 499 g/mol. The average molecular weight is 531 g/mol. The van der Waals surface area contributed by atoms with Crippen molar-refractivity contribution in [3.63, 3.8) is 0 Å². The Morgan fingerprint density at radius 1 is 0.917 bits per heavy atom. The number of unbranched alkanes of at least 4 members (excludes halogenated alkanes) is 3. The molecule has 0 fully saturated rings. The smallest absolute Gasteiger partial charge is 0.344 e. The number of anilines is 1. The topological polar surface area (TPSA) is 93.8 Å². The number of hydrogen-bond acceptors (Lipinski definition) is 6. The van der Waals surface area contributed by atoms with Gasteiger partial charge in [-0.05, 0) is 60.3 Å². The summed E-state index contributed by atoms with van der Waals surface area (Å²) in [7, 11) is 0. The van der Waals surface area contributed by atoms with Gasteiger partial charge in [0.15, 0.2) is 6.61 Å². The lowest BCUT2D eigenvalue weighted by Gasteiger charge is -2.14. The molecule has 4 N–H and O–H groups in total. The van der Waals surface area contributed by atoms with Crippen molar-refractivity contribution in [3.05, 3.63) is 82.3 Å². The first-order valence-corrected chi connectivity index (χ1v) is 12.8. The van der Waals surface area contributed by atoms with Gasteiger partial charge in [-0.25, -0.2) is 4.79 Å². The summed E-state index contributed by atoms with van der Waals surface area (Å²) in [6, 6.07) is 21.0. The number of carbonyl (C=O) groups is 1. The van der Waals surface area contributed by atoms with Gasteiger partial charge in [0.05, 0.1) is 28.4 Å². The van der Waals surface area contributed by atoms with Gasteiger partial charge in [-0.3, -0.25) is 0 Å². The van der Waals surface area contributed by atoms with Crippen molar-refractivity contribution in [2.75, 3.05) is 32.0 Å². The van der Waals surface area contributed by atoms with Crippen LogP contribution >= 0.6 is 23.2 Å². The van der Waals surface area contributed by atoms with Gasteiger partial charge >= 0.3 is 5.97 Å². The van der Waals surface area contributed by atoms with Crippen LogP contribution in [-0.2, 0) is 9.53 Å². The molecule has 0 radical (unpaired) electrons. The molecule has 0 saturated carbocycles. The summed E-state index contributed by atoms with van der Waals surface area (Å²) in [5.41, 5.74) is 8.88. The Morgan fingerprint density at radius 2 is 1.56 bits per heavy atom. The number of hydrogen-bond donors (Lipinski definition) is 3. The number of rotatable bonds is 14. The Hall–Kier alpha value is -2.77. The first-order valence-electron chi connectivity index (χ1n) is 12.0. The van der Waals surface area contributed by atoms with Crippen LogP contribution in [0, 0.1) is 0 Å². The molecule has 0 bridgehead atoms. The zero-order valence-corrected chi connectivity index (χ0v) is 21.6. The van der Waals surface area contributed by atoms with Crippen molar-refractivity contribution >= 4 is 34.9 Å². The van der Waals surface area contributed by atoms with E-state index in [1.807, 2.05) is 54.6 Å². The molecule has 0 spiro atoms. The normalized spacial score (nSPS) is 11.8. The molecule has 36 heavy (non-hydrogen) atoms. The van der Waals surface area contributed by atoms with E-state index in [-0.39, 0.29) is 12.6 Å². The molecule has 1 atom stereocenters. The minimum Gasteiger partial charge on any atom is -0.482 e. The molecule has 0 amide bonds. The molecule has 0 aliphatic carbocycles. The van der Waals surface area contributed by atoms with Crippen LogP contribution in [0.2, 0.25) is 10.0 Å². The fourth-order valence-corrected chi connectivity index (χ4v) is 4.11. The van der Waals surface area contributed by atoms with Gasteiger partial charge < -0.3 is 25.6 Å². The second-order valence-corrected chi connectivity index (χ2v) is 9.25. The van der Waals surface area contributed by atoms with Crippen LogP contribution in [0.4, 0.5) is 5.69 Å². The molecule has 8 heteroatoms. The van der Waals surface area contributed by atoms with Crippen LogP contribution in [0.15, 0.2) is 66.7 Å². The number of esters is 1. The number of nitrogens with two attached hydrogens (primary N) is 1. The van der Waals surface area contributed by atoms with Crippen molar-refractivity contribution in [1.82, 2.24) is 5.32 Å². The second-order valence-electron chi connectivity index (χ2n) is 8.43. The molecule has 3 rings (SSSR count). The highest BCUT2D eigenvalue weighted by Crippen LogP contribution is 2.31. The number of benzene rings is 3. The monoisotopic (exact) mass is 530 g/mol. The number of ether oxygens (including phenoxy) is 2. The van der Waals surface area contributed by atoms with Crippen molar-refractivity contribution < 1.29 is 19.4 Å². The van der Waals surface area contributed by atoms with Crippen molar-refractivity contribution in [2.45, 2.75) is 31.8 Å². The highest BCUT2D eigenvalue weighted by Gasteiger charge is 2.12. The van der Waals surface area contributed by atoms with Crippen LogP contribution in [-0.4, -0.2) is 37.4 Å². The van der Waals surface area contributed by atoms with Crippen LogP contribution < -0.4 is 15.8 Å². The Labute approximate surface area is 222 Å². The molecule has 1 unspecified atom stereocenters. The molecule has 0 heterocycles. The van der Waals surface area contributed by atoms with Crippen molar-refractivity contribution in [3.8, 4) is 16.9 Å². The highest BCUT2D eigenvalue weighted by atomic mass is 35.5. The maximum absolute atomic E-state index is 11.9. The molecule has 0 aliphatic heterocycles. The largest absolute Gasteiger partial charge is 0.482 e. The van der Waals surface area contributed by atoms with E-state index in [9.17, 15) is 9.90 Å². The van der Waals surface area contributed by atoms with Crippen LogP contribution in [0.25, 0.3) is 11.1 Å². The second kappa shape index (κ2) is 14.7. The van der Waals surface area contributed by atoms with Gasteiger partial charge in [0, 0.05) is 6.54 Å². The van der Waals surface area contributed by atoms with Crippen LogP contribution in [0.5, 0.6) is 5.75 Å². The zero-order valence-electron chi connectivity index (χ0n) is 20.1. The number of aliphatic hydroxyl groups excluding tert-OH is 1. The number of halogens is 2. The predicted molar refractivity (Wildman–Crippen MR) is 146 cm³/mol. The average Bonchev–Trinajstić information content (AvgIpc) is 2.90. The quantitative estimate of drug-likeness (QED) is 0.133. The minimum atomic E-state index is -0.718. The van der Waals surface area contributed by atoms with Gasteiger partial charge in [-0.2, -0.15) is 0 Å². The standard InChI is InChI=1S/C28H32Cl2N2O4/c29-24-16-22(17-25(30)28(24)31)26(33)18-32-14-6-1-2-7-15-35-27(34)19-36-23-12-10-21(11-13-23)20-8-4-3-5-9-20/h3-5,8-13,16-17,26,32-33H,1-2,6-7,14-15,18-19,31H2. The lowest BCUT2D eigenvalue weighted by atomic mass is 10.1. The number of nitrogen functional groups attached to an aromatic ring is 1. The fourth-order valence-electron chi connectivity index (χ4n) is 3.60. The highest BCUT2D eigenvalue weighted by molar-refractivity contribution is 6.38. The molecule has 0 aliphatic rings. The van der Waals surface area contributed by atoms with E-state index in [0.29, 0.717) is 40.2 Å². The lowest BCUT2D eigenvalue weighted by molar-refractivity contribution is -0.146. The van der Waals surface area contributed by atoms with Gasteiger partial charge in [-0.1, -0.05) is 78.5 Å². The Morgan fingerprint density at radius 3 is 2.25 bits per heavy atom. The van der Waals surface area contributed by atoms with E-state index in [1.165, 1.54) is 0 Å². The first-order chi connectivity index (χ1) is 17.4. The van der Waals surface area contributed by atoms with E-state index in [2.05, 4.69) is 5.32 Å². The maximum atomic E-state index is 11.9. The summed E-state index contributed by atoms with van der Waals surface area (Å²) in [4.78, 5) is 11.9. The third kappa shape index (κ3) is 9.03. The summed E-state index contributed by atoms with van der Waals surface area (Å²) < 4.78 is 10.8. The number of carbonyl (C=O) groups excluding carboxylic acids is 1. The Kier molecular flexibility index (Phi) is 11.4. The van der Waals surface area contributed by atoms with Gasteiger partial charge in [0.2, 0.25) is 0 Å². The lowest BCUT2D eigenvalue weighted by Crippen LogP contribution is -2.22. The molecule has 3 aromatic rings. The Balaban J connectivity index is 1.20. The fraction of sp³-hybridized carbons (Fsp3) is 0.321. The van der Waals surface area contributed by atoms with Crippen molar-refractivity contribution in [1.29, 1.82) is 0 Å². The van der Waals surface area contributed by atoms with Crippen molar-refractivity contribution in [2.24, 2.45) is 0 Å². The summed E-state index contributed by atoms with van der Waals surface area (Å²) in [5, 5.41) is 14.2. The summed E-state index contributed by atoms with van der Waals surface area (Å²) in [5.74, 6) is 0.257. The summed E-state index contributed by atoms with van der Waals surface area (Å²) in [6.45, 7) is 1.43. The summed E-state index contributed by atoms with van der Waals surface area (Å²) >= 11 is 12.0. The van der Waals surface area contributed by atoms with E-state index in [0.717, 1.165) is 43.4 Å². The minimum absolute atomic E-state index is 0.110. The van der Waals surface area contributed by atoms with Crippen LogP contribution in [0.1, 0.15) is 37.4 Å². The molecule has 0 aromatic heterocycles. The van der Waals surface area contributed by atoms with Crippen LogP contribution in [0.3, 0.4) is 0 Å². The Bertz CT molecular complexity index is 1070. The van der Waals surface area contributed by atoms with Gasteiger partial charge in [0.25, 0.3) is 0 Å². The van der Waals surface area contributed by atoms with E-state index >= 15 is 0 Å².